The van der Waals surface area contributed by atoms with E-state index in [1.54, 1.807) is 0 Å². The summed E-state index contributed by atoms with van der Waals surface area (Å²) in [5.74, 6) is 1.54. The van der Waals surface area contributed by atoms with Crippen molar-refractivity contribution in [2.45, 2.75) is 19.2 Å². The van der Waals surface area contributed by atoms with Crippen molar-refractivity contribution >= 4 is 0 Å². The molecule has 1 aromatic heterocycles. The zero-order chi connectivity index (χ0) is 12.4. The zero-order valence-electron chi connectivity index (χ0n) is 10.6. The Morgan fingerprint density at radius 3 is 2.61 bits per heavy atom. The number of hydrogen-bond donors (Lipinski definition) is 2. The Labute approximate surface area is 107 Å². The summed E-state index contributed by atoms with van der Waals surface area (Å²) in [5.41, 5.74) is 0. The molecule has 4 heterocycles. The number of nitrogens with zero attached hydrogens (tertiary/aromatic N) is 2. The first-order valence-corrected chi connectivity index (χ1v) is 6.71. The van der Waals surface area contributed by atoms with E-state index in [-0.39, 0.29) is 6.61 Å². The van der Waals surface area contributed by atoms with Crippen LogP contribution < -0.4 is 5.32 Å². The molecule has 3 saturated heterocycles. The van der Waals surface area contributed by atoms with E-state index >= 15 is 0 Å². The minimum absolute atomic E-state index is 0.0225. The number of aliphatic hydroxyl groups excluding tert-OH is 1. The molecule has 0 aliphatic carbocycles. The maximum absolute atomic E-state index is 8.93. The standard InChI is InChI=1S/C13H21N3O2/c17-10-13-2-1-12(18-13)8-14-7-11-9-15-3-5-16(11)6-4-15/h1-2,11,14,17H,3-10H2. The van der Waals surface area contributed by atoms with E-state index in [1.807, 2.05) is 12.1 Å². The second kappa shape index (κ2) is 5.40. The summed E-state index contributed by atoms with van der Waals surface area (Å²) in [6, 6.07) is 4.39. The fraction of sp³-hybridized carbons (Fsp3) is 0.692. The van der Waals surface area contributed by atoms with Gasteiger partial charge in [0, 0.05) is 45.3 Å². The Balaban J connectivity index is 1.44. The summed E-state index contributed by atoms with van der Waals surface area (Å²) >= 11 is 0. The molecule has 3 aliphatic rings. The monoisotopic (exact) mass is 251 g/mol. The van der Waals surface area contributed by atoms with E-state index in [0.29, 0.717) is 11.8 Å². The number of hydrogen-bond acceptors (Lipinski definition) is 5. The number of piperazine rings is 3. The van der Waals surface area contributed by atoms with Crippen LogP contribution in [0, 0.1) is 0 Å². The third-order valence-corrected chi connectivity index (χ3v) is 3.94. The lowest BCUT2D eigenvalue weighted by Crippen LogP contribution is -2.63. The third-order valence-electron chi connectivity index (χ3n) is 3.94. The molecule has 3 aliphatic heterocycles. The van der Waals surface area contributed by atoms with Crippen LogP contribution in [0.5, 0.6) is 0 Å². The molecule has 18 heavy (non-hydrogen) atoms. The molecule has 0 aromatic carbocycles. The number of furan rings is 1. The first-order chi connectivity index (χ1) is 8.85. The Morgan fingerprint density at radius 1 is 1.22 bits per heavy atom. The minimum Gasteiger partial charge on any atom is -0.462 e. The molecule has 1 atom stereocenters. The quantitative estimate of drug-likeness (QED) is 0.763. The summed E-state index contributed by atoms with van der Waals surface area (Å²) < 4.78 is 5.45. The highest BCUT2D eigenvalue weighted by Crippen LogP contribution is 2.15. The van der Waals surface area contributed by atoms with Crippen LogP contribution in [0.3, 0.4) is 0 Å². The largest absolute Gasteiger partial charge is 0.462 e. The van der Waals surface area contributed by atoms with E-state index in [9.17, 15) is 0 Å². The van der Waals surface area contributed by atoms with Gasteiger partial charge < -0.3 is 14.8 Å². The van der Waals surface area contributed by atoms with Gasteiger partial charge in [0.2, 0.25) is 0 Å². The molecular formula is C13H21N3O2. The second-order valence-corrected chi connectivity index (χ2v) is 5.15. The van der Waals surface area contributed by atoms with Gasteiger partial charge in [0.05, 0.1) is 6.54 Å². The Bertz CT molecular complexity index is 385. The number of aliphatic hydroxyl groups is 1. The van der Waals surface area contributed by atoms with E-state index in [1.165, 1.54) is 32.7 Å². The summed E-state index contributed by atoms with van der Waals surface area (Å²) in [6.45, 7) is 7.79. The zero-order valence-corrected chi connectivity index (χ0v) is 10.6. The van der Waals surface area contributed by atoms with Crippen LogP contribution in [0.4, 0.5) is 0 Å². The van der Waals surface area contributed by atoms with Gasteiger partial charge in [0.1, 0.15) is 18.1 Å². The molecule has 3 fully saturated rings. The number of rotatable bonds is 5. The molecule has 4 rings (SSSR count). The van der Waals surface area contributed by atoms with Crippen LogP contribution in [0.2, 0.25) is 0 Å². The van der Waals surface area contributed by atoms with Crippen LogP contribution in [0.25, 0.3) is 0 Å². The van der Waals surface area contributed by atoms with Gasteiger partial charge in [0.25, 0.3) is 0 Å². The lowest BCUT2D eigenvalue weighted by atomic mass is 10.1. The summed E-state index contributed by atoms with van der Waals surface area (Å²) in [6.07, 6.45) is 0. The SMILES string of the molecule is OCc1ccc(CNCC2CN3CCN2CC3)o1. The Morgan fingerprint density at radius 2 is 2.00 bits per heavy atom. The molecule has 0 radical (unpaired) electrons. The lowest BCUT2D eigenvalue weighted by molar-refractivity contribution is 0.0135. The topological polar surface area (TPSA) is 51.9 Å². The summed E-state index contributed by atoms with van der Waals surface area (Å²) in [4.78, 5) is 5.12. The fourth-order valence-corrected chi connectivity index (χ4v) is 2.88. The first-order valence-electron chi connectivity index (χ1n) is 6.71. The van der Waals surface area contributed by atoms with Crippen molar-refractivity contribution in [1.82, 2.24) is 15.1 Å². The summed E-state index contributed by atoms with van der Waals surface area (Å²) in [7, 11) is 0. The van der Waals surface area contributed by atoms with Gasteiger partial charge in [0.15, 0.2) is 0 Å². The van der Waals surface area contributed by atoms with Gasteiger partial charge in [-0.1, -0.05) is 0 Å². The molecule has 100 valence electrons. The van der Waals surface area contributed by atoms with Gasteiger partial charge in [-0.15, -0.1) is 0 Å². The molecule has 5 heteroatoms. The number of nitrogens with one attached hydrogen (secondary N) is 1. The van der Waals surface area contributed by atoms with Crippen molar-refractivity contribution < 1.29 is 9.52 Å². The molecule has 2 N–H and O–H groups in total. The molecule has 0 amide bonds. The third kappa shape index (κ3) is 2.59. The van der Waals surface area contributed by atoms with Crippen LogP contribution in [0.1, 0.15) is 11.5 Å². The van der Waals surface area contributed by atoms with E-state index < -0.39 is 0 Å². The maximum atomic E-state index is 8.93. The van der Waals surface area contributed by atoms with E-state index in [4.69, 9.17) is 9.52 Å². The molecule has 1 aromatic rings. The van der Waals surface area contributed by atoms with Crippen LogP contribution in [-0.2, 0) is 13.2 Å². The fourth-order valence-electron chi connectivity index (χ4n) is 2.88. The normalized spacial score (nSPS) is 30.8. The van der Waals surface area contributed by atoms with E-state index in [0.717, 1.165) is 18.8 Å². The second-order valence-electron chi connectivity index (χ2n) is 5.15. The van der Waals surface area contributed by atoms with Crippen molar-refractivity contribution in [3.05, 3.63) is 23.7 Å². The molecule has 0 saturated carbocycles. The minimum atomic E-state index is -0.0225. The average molecular weight is 251 g/mol. The predicted octanol–water partition coefficient (Wildman–Crippen LogP) is -0.139. The maximum Gasteiger partial charge on any atom is 0.129 e. The highest BCUT2D eigenvalue weighted by atomic mass is 16.4. The van der Waals surface area contributed by atoms with E-state index in [2.05, 4.69) is 15.1 Å². The molecule has 1 unspecified atom stereocenters. The average Bonchev–Trinajstić information content (AvgIpc) is 2.88. The van der Waals surface area contributed by atoms with Gasteiger partial charge in [-0.2, -0.15) is 0 Å². The lowest BCUT2D eigenvalue weighted by Gasteiger charge is -2.47. The van der Waals surface area contributed by atoms with Crippen molar-refractivity contribution in [1.29, 1.82) is 0 Å². The molecular weight excluding hydrogens is 230 g/mol. The van der Waals surface area contributed by atoms with Crippen LogP contribution in [-0.4, -0.2) is 60.2 Å². The van der Waals surface area contributed by atoms with Crippen molar-refractivity contribution in [3.63, 3.8) is 0 Å². The molecule has 5 nitrogen and oxygen atoms in total. The van der Waals surface area contributed by atoms with Gasteiger partial charge in [-0.3, -0.25) is 9.80 Å². The Kier molecular flexibility index (Phi) is 3.65. The molecule has 2 bridgehead atoms. The highest BCUT2D eigenvalue weighted by molar-refractivity contribution is 5.06. The smallest absolute Gasteiger partial charge is 0.129 e. The predicted molar refractivity (Wildman–Crippen MR) is 68.1 cm³/mol. The van der Waals surface area contributed by atoms with Gasteiger partial charge >= 0.3 is 0 Å². The van der Waals surface area contributed by atoms with Crippen molar-refractivity contribution in [3.8, 4) is 0 Å². The van der Waals surface area contributed by atoms with Crippen molar-refractivity contribution in [2.24, 2.45) is 0 Å². The summed E-state index contributed by atoms with van der Waals surface area (Å²) in [5, 5.41) is 12.4. The van der Waals surface area contributed by atoms with Crippen LogP contribution >= 0.6 is 0 Å². The van der Waals surface area contributed by atoms with Crippen molar-refractivity contribution in [2.75, 3.05) is 39.3 Å². The van der Waals surface area contributed by atoms with Crippen LogP contribution in [0.15, 0.2) is 16.5 Å². The van der Waals surface area contributed by atoms with Gasteiger partial charge in [-0.25, -0.2) is 0 Å². The highest BCUT2D eigenvalue weighted by Gasteiger charge is 2.31. The number of fused-ring (bicyclic) bond motifs is 3. The Hall–Kier alpha value is -0.880. The molecule has 0 spiro atoms. The first kappa shape index (κ1) is 12.2. The van der Waals surface area contributed by atoms with Gasteiger partial charge in [-0.05, 0) is 12.1 Å².